The average Bonchev–Trinajstić information content (AvgIpc) is 3.37. The first-order valence-corrected chi connectivity index (χ1v) is 10.8. The minimum Gasteiger partial charge on any atom is -0.467 e. The highest BCUT2D eigenvalue weighted by Gasteiger charge is 2.28. The van der Waals surface area contributed by atoms with Crippen LogP contribution in [0.25, 0.3) is 0 Å². The van der Waals surface area contributed by atoms with E-state index in [1.165, 1.54) is 0 Å². The van der Waals surface area contributed by atoms with Gasteiger partial charge in [0.05, 0.1) is 18.4 Å². The zero-order chi connectivity index (χ0) is 22.3. The van der Waals surface area contributed by atoms with Gasteiger partial charge in [-0.3, -0.25) is 4.79 Å². The van der Waals surface area contributed by atoms with E-state index in [-0.39, 0.29) is 5.91 Å². The van der Waals surface area contributed by atoms with E-state index in [0.717, 1.165) is 24.5 Å². The van der Waals surface area contributed by atoms with E-state index in [1.807, 2.05) is 36.4 Å². The smallest absolute Gasteiger partial charge is 0.341 e. The first kappa shape index (κ1) is 21.5. The molecule has 1 amide bonds. The number of nitrogens with one attached hydrogen (secondary N) is 1. The minimum atomic E-state index is -0.857. The van der Waals surface area contributed by atoms with Crippen molar-refractivity contribution in [1.82, 2.24) is 4.90 Å². The van der Waals surface area contributed by atoms with E-state index >= 15 is 0 Å². The van der Waals surface area contributed by atoms with Crippen LogP contribution in [0.2, 0.25) is 0 Å². The van der Waals surface area contributed by atoms with E-state index in [9.17, 15) is 9.59 Å². The van der Waals surface area contributed by atoms with Gasteiger partial charge in [-0.25, -0.2) is 4.79 Å². The maximum Gasteiger partial charge on any atom is 0.341 e. The van der Waals surface area contributed by atoms with Crippen molar-refractivity contribution in [3.8, 4) is 0 Å². The molecule has 0 spiro atoms. The number of nitrogens with zero attached hydrogens (tertiary/aromatic N) is 2. The number of ether oxygens (including phenoxy) is 1. The highest BCUT2D eigenvalue weighted by atomic mass is 16.5. The first-order chi connectivity index (χ1) is 15.6. The van der Waals surface area contributed by atoms with Crippen LogP contribution in [0.15, 0.2) is 77.4 Å². The third kappa shape index (κ3) is 5.11. The second-order valence-corrected chi connectivity index (χ2v) is 7.67. The molecule has 32 heavy (non-hydrogen) atoms. The second-order valence-electron chi connectivity index (χ2n) is 7.67. The number of piperazine rings is 1. The van der Waals surface area contributed by atoms with Gasteiger partial charge in [-0.1, -0.05) is 30.3 Å². The minimum absolute atomic E-state index is 0.174. The Balaban J connectivity index is 1.32. The summed E-state index contributed by atoms with van der Waals surface area (Å²) in [5.41, 5.74) is 2.16. The first-order valence-electron chi connectivity index (χ1n) is 10.8. The molecule has 1 aromatic heterocycles. The lowest BCUT2D eigenvalue weighted by Crippen LogP contribution is -2.51. The van der Waals surface area contributed by atoms with Gasteiger partial charge in [0, 0.05) is 37.6 Å². The monoisotopic (exact) mass is 433 g/mol. The summed E-state index contributed by atoms with van der Waals surface area (Å²) in [7, 11) is 0. The molecule has 0 aliphatic carbocycles. The molecule has 1 saturated heterocycles. The summed E-state index contributed by atoms with van der Waals surface area (Å²) in [4.78, 5) is 29.7. The Morgan fingerprint density at radius 2 is 1.69 bits per heavy atom. The van der Waals surface area contributed by atoms with Crippen LogP contribution in [-0.2, 0) is 16.1 Å². The maximum atomic E-state index is 12.9. The molecule has 1 aliphatic heterocycles. The van der Waals surface area contributed by atoms with Gasteiger partial charge in [0.2, 0.25) is 0 Å². The highest BCUT2D eigenvalue weighted by Crippen LogP contribution is 2.20. The number of carbonyl (C=O) groups is 2. The summed E-state index contributed by atoms with van der Waals surface area (Å²) in [6.45, 7) is 4.75. The lowest BCUT2D eigenvalue weighted by Gasteiger charge is -2.37. The van der Waals surface area contributed by atoms with Crippen LogP contribution in [0, 0.1) is 0 Å². The molecule has 0 saturated carbocycles. The third-order valence-electron chi connectivity index (χ3n) is 5.52. The number of hydrogen-bond donors (Lipinski definition) is 1. The fraction of sp³-hybridized carbons (Fsp3) is 0.280. The summed E-state index contributed by atoms with van der Waals surface area (Å²) in [6, 6.07) is 20.9. The normalized spacial score (nSPS) is 14.7. The van der Waals surface area contributed by atoms with Crippen molar-refractivity contribution in [3.05, 3.63) is 84.3 Å². The van der Waals surface area contributed by atoms with E-state index in [2.05, 4.69) is 22.3 Å². The SMILES string of the molecule is C[C@H](OC(=O)c1ccccc1NCc1ccco1)C(=O)N1CCN(c2ccccc2)CC1. The largest absolute Gasteiger partial charge is 0.467 e. The number of rotatable bonds is 7. The average molecular weight is 434 g/mol. The maximum absolute atomic E-state index is 12.9. The van der Waals surface area contributed by atoms with Crippen LogP contribution in [0.1, 0.15) is 23.0 Å². The van der Waals surface area contributed by atoms with Crippen LogP contribution >= 0.6 is 0 Å². The van der Waals surface area contributed by atoms with Gasteiger partial charge in [-0.05, 0) is 43.3 Å². The molecule has 4 rings (SSSR count). The Morgan fingerprint density at radius 1 is 0.969 bits per heavy atom. The van der Waals surface area contributed by atoms with E-state index in [0.29, 0.717) is 30.9 Å². The van der Waals surface area contributed by atoms with E-state index < -0.39 is 12.1 Å². The Kier molecular flexibility index (Phi) is 6.75. The molecule has 0 radical (unpaired) electrons. The molecule has 2 aromatic carbocycles. The fourth-order valence-corrected chi connectivity index (χ4v) is 3.77. The van der Waals surface area contributed by atoms with Crippen LogP contribution in [-0.4, -0.2) is 49.1 Å². The summed E-state index contributed by atoms with van der Waals surface area (Å²) < 4.78 is 10.9. The summed E-state index contributed by atoms with van der Waals surface area (Å²) >= 11 is 0. The van der Waals surface area contributed by atoms with Crippen molar-refractivity contribution < 1.29 is 18.7 Å². The topological polar surface area (TPSA) is 75.0 Å². The van der Waals surface area contributed by atoms with Gasteiger partial charge in [0.15, 0.2) is 6.10 Å². The van der Waals surface area contributed by atoms with Crippen molar-refractivity contribution >= 4 is 23.3 Å². The molecule has 1 aliphatic rings. The van der Waals surface area contributed by atoms with Crippen LogP contribution in [0.5, 0.6) is 0 Å². The van der Waals surface area contributed by atoms with Crippen LogP contribution in [0.4, 0.5) is 11.4 Å². The standard InChI is InChI=1S/C25H27N3O4/c1-19(24(29)28-15-13-27(14-16-28)20-8-3-2-4-9-20)32-25(30)22-11-5-6-12-23(22)26-18-21-10-7-17-31-21/h2-12,17,19,26H,13-16,18H2,1H3/t19-/m0/s1. The number of carbonyl (C=O) groups excluding carboxylic acids is 2. The zero-order valence-corrected chi connectivity index (χ0v) is 18.1. The summed E-state index contributed by atoms with van der Waals surface area (Å²) in [5.74, 6) is 0.0507. The Bertz CT molecular complexity index is 1030. The van der Waals surface area contributed by atoms with E-state index in [4.69, 9.17) is 9.15 Å². The van der Waals surface area contributed by atoms with Gasteiger partial charge in [-0.15, -0.1) is 0 Å². The number of hydrogen-bond acceptors (Lipinski definition) is 6. The number of furan rings is 1. The second kappa shape index (κ2) is 10.0. The van der Waals surface area contributed by atoms with Gasteiger partial charge in [0.1, 0.15) is 5.76 Å². The van der Waals surface area contributed by atoms with E-state index in [1.54, 1.807) is 36.3 Å². The van der Waals surface area contributed by atoms with Crippen molar-refractivity contribution in [2.24, 2.45) is 0 Å². The molecule has 7 heteroatoms. The molecule has 3 aromatic rings. The fourth-order valence-electron chi connectivity index (χ4n) is 3.77. The van der Waals surface area contributed by atoms with Crippen molar-refractivity contribution in [2.45, 2.75) is 19.6 Å². The molecule has 2 heterocycles. The van der Waals surface area contributed by atoms with Gasteiger partial charge in [0.25, 0.3) is 5.91 Å². The molecule has 0 unspecified atom stereocenters. The van der Waals surface area contributed by atoms with Crippen LogP contribution < -0.4 is 10.2 Å². The molecule has 1 fully saturated rings. The molecular formula is C25H27N3O4. The predicted octanol–water partition coefficient (Wildman–Crippen LogP) is 3.79. The van der Waals surface area contributed by atoms with Gasteiger partial charge < -0.3 is 24.3 Å². The van der Waals surface area contributed by atoms with Gasteiger partial charge in [-0.2, -0.15) is 0 Å². The highest BCUT2D eigenvalue weighted by molar-refractivity contribution is 5.97. The lowest BCUT2D eigenvalue weighted by atomic mass is 10.1. The molecule has 166 valence electrons. The van der Waals surface area contributed by atoms with Crippen LogP contribution in [0.3, 0.4) is 0 Å². The Hall–Kier alpha value is -3.74. The predicted molar refractivity (Wildman–Crippen MR) is 123 cm³/mol. The summed E-state index contributed by atoms with van der Waals surface area (Å²) in [6.07, 6.45) is 0.744. The molecule has 0 bridgehead atoms. The third-order valence-corrected chi connectivity index (χ3v) is 5.52. The number of amides is 1. The molecular weight excluding hydrogens is 406 g/mol. The number of anilines is 2. The van der Waals surface area contributed by atoms with Gasteiger partial charge >= 0.3 is 5.97 Å². The lowest BCUT2D eigenvalue weighted by molar-refractivity contribution is -0.140. The number of benzene rings is 2. The quantitative estimate of drug-likeness (QED) is 0.572. The molecule has 1 atom stereocenters. The Morgan fingerprint density at radius 3 is 2.41 bits per heavy atom. The van der Waals surface area contributed by atoms with Crippen molar-refractivity contribution in [3.63, 3.8) is 0 Å². The zero-order valence-electron chi connectivity index (χ0n) is 18.1. The molecule has 7 nitrogen and oxygen atoms in total. The Labute approximate surface area is 187 Å². The van der Waals surface area contributed by atoms with Crippen molar-refractivity contribution in [1.29, 1.82) is 0 Å². The van der Waals surface area contributed by atoms with Crippen molar-refractivity contribution in [2.75, 3.05) is 36.4 Å². The number of para-hydroxylation sites is 2. The number of esters is 1. The summed E-state index contributed by atoms with van der Waals surface area (Å²) in [5, 5.41) is 3.19. The molecule has 1 N–H and O–H groups in total.